The van der Waals surface area contributed by atoms with Crippen molar-refractivity contribution in [3.63, 3.8) is 0 Å². The van der Waals surface area contributed by atoms with Crippen LogP contribution in [0.2, 0.25) is 5.02 Å². The highest BCUT2D eigenvalue weighted by molar-refractivity contribution is 7.89. The molecule has 0 bridgehead atoms. The van der Waals surface area contributed by atoms with Crippen molar-refractivity contribution in [3.8, 4) is 10.6 Å². The van der Waals surface area contributed by atoms with Gasteiger partial charge in [0.1, 0.15) is 10.7 Å². The summed E-state index contributed by atoms with van der Waals surface area (Å²) < 4.78 is 22.5. The zero-order valence-corrected chi connectivity index (χ0v) is 16.4. The van der Waals surface area contributed by atoms with E-state index in [0.29, 0.717) is 23.7 Å². The molecule has 2 aromatic carbocycles. The number of amides is 1. The van der Waals surface area contributed by atoms with E-state index in [1.807, 2.05) is 12.1 Å². The second kappa shape index (κ2) is 8.18. The molecular weight excluding hydrogens is 406 g/mol. The van der Waals surface area contributed by atoms with Crippen LogP contribution >= 0.6 is 22.9 Å². The number of hydrogen-bond acceptors (Lipinski definition) is 5. The molecule has 0 aliphatic heterocycles. The standard InChI is InChI=1S/C18H16ClN3O3S2/c19-14-5-3-13(4-6-14)18-22-16(11-26-18)17(23)21-10-9-12-1-7-15(8-2-12)27(20,24)25/h1-8,11H,9-10H2,(H,21,23)(H2,20,24,25). The van der Waals surface area contributed by atoms with Gasteiger partial charge in [0.25, 0.3) is 5.91 Å². The normalized spacial score (nSPS) is 11.3. The smallest absolute Gasteiger partial charge is 0.270 e. The number of sulfonamides is 1. The molecule has 0 atom stereocenters. The minimum atomic E-state index is -3.70. The monoisotopic (exact) mass is 421 g/mol. The lowest BCUT2D eigenvalue weighted by Crippen LogP contribution is -2.26. The third-order valence-electron chi connectivity index (χ3n) is 3.78. The summed E-state index contributed by atoms with van der Waals surface area (Å²) in [5.41, 5.74) is 2.15. The first-order valence-electron chi connectivity index (χ1n) is 7.94. The fourth-order valence-electron chi connectivity index (χ4n) is 2.36. The molecule has 27 heavy (non-hydrogen) atoms. The number of hydrogen-bond donors (Lipinski definition) is 2. The van der Waals surface area contributed by atoms with Crippen LogP contribution in [0.5, 0.6) is 0 Å². The molecule has 1 heterocycles. The number of carbonyl (C=O) groups is 1. The van der Waals surface area contributed by atoms with E-state index in [0.717, 1.165) is 16.1 Å². The van der Waals surface area contributed by atoms with Crippen molar-refractivity contribution < 1.29 is 13.2 Å². The molecule has 0 aliphatic carbocycles. The first kappa shape index (κ1) is 19.5. The molecule has 1 aromatic heterocycles. The number of aromatic nitrogens is 1. The lowest BCUT2D eigenvalue weighted by molar-refractivity contribution is 0.0950. The lowest BCUT2D eigenvalue weighted by atomic mass is 10.1. The van der Waals surface area contributed by atoms with Gasteiger partial charge in [-0.2, -0.15) is 0 Å². The third-order valence-corrected chi connectivity index (χ3v) is 5.85. The molecule has 1 amide bonds. The van der Waals surface area contributed by atoms with E-state index in [-0.39, 0.29) is 10.8 Å². The Bertz CT molecular complexity index is 1050. The quantitative estimate of drug-likeness (QED) is 0.638. The predicted molar refractivity (Wildman–Crippen MR) is 106 cm³/mol. The van der Waals surface area contributed by atoms with E-state index in [4.69, 9.17) is 16.7 Å². The van der Waals surface area contributed by atoms with Crippen molar-refractivity contribution in [2.24, 2.45) is 5.14 Å². The van der Waals surface area contributed by atoms with Crippen molar-refractivity contribution in [3.05, 3.63) is 70.2 Å². The molecule has 0 saturated heterocycles. The van der Waals surface area contributed by atoms with Gasteiger partial charge < -0.3 is 5.32 Å². The number of primary sulfonamides is 1. The van der Waals surface area contributed by atoms with E-state index in [1.54, 1.807) is 29.6 Å². The van der Waals surface area contributed by atoms with Crippen molar-refractivity contribution in [2.45, 2.75) is 11.3 Å². The summed E-state index contributed by atoms with van der Waals surface area (Å²) in [5, 5.41) is 11.0. The van der Waals surface area contributed by atoms with Gasteiger partial charge >= 0.3 is 0 Å². The number of thiazole rings is 1. The van der Waals surface area contributed by atoms with Gasteiger partial charge in [-0.05, 0) is 36.2 Å². The van der Waals surface area contributed by atoms with Gasteiger partial charge in [-0.1, -0.05) is 35.9 Å². The van der Waals surface area contributed by atoms with E-state index >= 15 is 0 Å². The van der Waals surface area contributed by atoms with Gasteiger partial charge in [-0.15, -0.1) is 11.3 Å². The van der Waals surface area contributed by atoms with Crippen molar-refractivity contribution in [1.29, 1.82) is 0 Å². The molecule has 3 N–H and O–H groups in total. The van der Waals surface area contributed by atoms with E-state index in [9.17, 15) is 13.2 Å². The third kappa shape index (κ3) is 5.14. The predicted octanol–water partition coefficient (Wildman–Crippen LogP) is 3.08. The summed E-state index contributed by atoms with van der Waals surface area (Å²) in [4.78, 5) is 16.7. The highest BCUT2D eigenvalue weighted by atomic mass is 35.5. The van der Waals surface area contributed by atoms with Gasteiger partial charge in [0.2, 0.25) is 10.0 Å². The van der Waals surface area contributed by atoms with Crippen molar-refractivity contribution in [2.75, 3.05) is 6.54 Å². The van der Waals surface area contributed by atoms with Crippen molar-refractivity contribution >= 4 is 38.9 Å². The molecule has 0 unspecified atom stereocenters. The zero-order chi connectivity index (χ0) is 19.4. The van der Waals surface area contributed by atoms with Crippen LogP contribution < -0.4 is 10.5 Å². The summed E-state index contributed by atoms with van der Waals surface area (Å²) in [6, 6.07) is 13.5. The van der Waals surface area contributed by atoms with Crippen LogP contribution in [-0.2, 0) is 16.4 Å². The Morgan fingerprint density at radius 1 is 1.11 bits per heavy atom. The summed E-state index contributed by atoms with van der Waals surface area (Å²) in [6.07, 6.45) is 0.560. The number of benzene rings is 2. The summed E-state index contributed by atoms with van der Waals surface area (Å²) >= 11 is 7.26. The van der Waals surface area contributed by atoms with E-state index < -0.39 is 10.0 Å². The Kier molecular flexibility index (Phi) is 5.91. The maximum atomic E-state index is 12.2. The van der Waals surface area contributed by atoms with Crippen LogP contribution in [0.1, 0.15) is 16.1 Å². The van der Waals surface area contributed by atoms with Crippen LogP contribution in [0.4, 0.5) is 0 Å². The molecule has 0 spiro atoms. The fourth-order valence-corrected chi connectivity index (χ4v) is 3.81. The molecule has 0 fully saturated rings. The Balaban J connectivity index is 1.56. The highest BCUT2D eigenvalue weighted by Gasteiger charge is 2.12. The average Bonchev–Trinajstić information content (AvgIpc) is 3.12. The van der Waals surface area contributed by atoms with Gasteiger partial charge in [-0.3, -0.25) is 4.79 Å². The fraction of sp³-hybridized carbons (Fsp3) is 0.111. The number of carbonyl (C=O) groups excluding carboxylic acids is 1. The largest absolute Gasteiger partial charge is 0.350 e. The Hall–Kier alpha value is -2.26. The van der Waals surface area contributed by atoms with Gasteiger partial charge in [0, 0.05) is 22.5 Å². The minimum Gasteiger partial charge on any atom is -0.350 e. The molecule has 140 valence electrons. The average molecular weight is 422 g/mol. The molecule has 9 heteroatoms. The summed E-state index contributed by atoms with van der Waals surface area (Å²) in [6.45, 7) is 0.404. The lowest BCUT2D eigenvalue weighted by Gasteiger charge is -2.05. The second-order valence-corrected chi connectivity index (χ2v) is 8.60. The van der Waals surface area contributed by atoms with Crippen LogP contribution in [-0.4, -0.2) is 25.9 Å². The van der Waals surface area contributed by atoms with Gasteiger partial charge in [-0.25, -0.2) is 18.5 Å². The first-order valence-corrected chi connectivity index (χ1v) is 10.7. The number of nitrogens with zero attached hydrogens (tertiary/aromatic N) is 1. The topological polar surface area (TPSA) is 102 Å². The highest BCUT2D eigenvalue weighted by Crippen LogP contribution is 2.25. The Morgan fingerprint density at radius 3 is 2.41 bits per heavy atom. The second-order valence-electron chi connectivity index (χ2n) is 5.74. The molecule has 3 rings (SSSR count). The number of nitrogens with two attached hydrogens (primary N) is 1. The van der Waals surface area contributed by atoms with E-state index in [2.05, 4.69) is 10.3 Å². The summed E-state index contributed by atoms with van der Waals surface area (Å²) in [7, 11) is -3.70. The van der Waals surface area contributed by atoms with Crippen LogP contribution in [0.3, 0.4) is 0 Å². The number of rotatable bonds is 6. The SMILES string of the molecule is NS(=O)(=O)c1ccc(CCNC(=O)c2csc(-c3ccc(Cl)cc3)n2)cc1. The van der Waals surface area contributed by atoms with Crippen LogP contribution in [0.15, 0.2) is 58.8 Å². The minimum absolute atomic E-state index is 0.0625. The maximum Gasteiger partial charge on any atom is 0.270 e. The molecule has 0 radical (unpaired) electrons. The maximum absolute atomic E-state index is 12.2. The molecule has 0 aliphatic rings. The Morgan fingerprint density at radius 2 is 1.78 bits per heavy atom. The first-order chi connectivity index (χ1) is 12.8. The molecule has 6 nitrogen and oxygen atoms in total. The number of nitrogens with one attached hydrogen (secondary N) is 1. The van der Waals surface area contributed by atoms with Gasteiger partial charge in [0.15, 0.2) is 0 Å². The molecule has 0 saturated carbocycles. The van der Waals surface area contributed by atoms with E-state index in [1.165, 1.54) is 23.5 Å². The van der Waals surface area contributed by atoms with Crippen LogP contribution in [0, 0.1) is 0 Å². The Labute approximate surface area is 166 Å². The van der Waals surface area contributed by atoms with Crippen LogP contribution in [0.25, 0.3) is 10.6 Å². The van der Waals surface area contributed by atoms with Crippen molar-refractivity contribution in [1.82, 2.24) is 10.3 Å². The molecule has 3 aromatic rings. The zero-order valence-electron chi connectivity index (χ0n) is 14.1. The number of halogens is 1. The summed E-state index contributed by atoms with van der Waals surface area (Å²) in [5.74, 6) is -0.257. The molecular formula is C18H16ClN3O3S2. The van der Waals surface area contributed by atoms with Gasteiger partial charge in [0.05, 0.1) is 4.90 Å².